The number of piperidine rings is 1. The number of carboxylic acid groups (broad SMARTS) is 1. The van der Waals surface area contributed by atoms with Gasteiger partial charge in [0.25, 0.3) is 0 Å². The summed E-state index contributed by atoms with van der Waals surface area (Å²) in [5, 5.41) is 16.7. The molecule has 0 unspecified atom stereocenters. The van der Waals surface area contributed by atoms with Crippen LogP contribution in [0.15, 0.2) is 73.1 Å². The number of nitrogens with zero attached hydrogens (tertiary/aromatic N) is 4. The molecule has 1 fully saturated rings. The number of rotatable bonds is 11. The molecule has 11 heteroatoms. The maximum atomic E-state index is 12.2. The number of hydrogen-bond donors (Lipinski definition) is 4. The van der Waals surface area contributed by atoms with Gasteiger partial charge < -0.3 is 20.7 Å². The molecule has 0 bridgehead atoms. The first kappa shape index (κ1) is 29.2. The van der Waals surface area contributed by atoms with E-state index in [0.717, 1.165) is 48.9 Å². The number of nitrogens with one attached hydrogen (secondary N) is 3. The maximum absolute atomic E-state index is 12.2. The fourth-order valence-electron chi connectivity index (χ4n) is 5.08. The topological polar surface area (TPSA) is 126 Å². The highest BCUT2D eigenvalue weighted by molar-refractivity contribution is 6.33. The van der Waals surface area contributed by atoms with Crippen LogP contribution in [0.5, 0.6) is 0 Å². The summed E-state index contributed by atoms with van der Waals surface area (Å²) in [5.41, 5.74) is 4.59. The highest BCUT2D eigenvalue weighted by atomic mass is 35.5. The third-order valence-electron chi connectivity index (χ3n) is 7.23. The van der Waals surface area contributed by atoms with Crippen LogP contribution in [0.3, 0.4) is 0 Å². The number of anilines is 2. The van der Waals surface area contributed by atoms with Gasteiger partial charge in [0.2, 0.25) is 11.9 Å². The van der Waals surface area contributed by atoms with Crippen molar-refractivity contribution in [2.45, 2.75) is 25.4 Å². The molecule has 2 aromatic heterocycles. The molecule has 0 spiro atoms. The quantitative estimate of drug-likeness (QED) is 0.183. The predicted octanol–water partition coefficient (Wildman–Crippen LogP) is 4.87. The van der Waals surface area contributed by atoms with Gasteiger partial charge >= 0.3 is 5.97 Å². The fourth-order valence-corrected chi connectivity index (χ4v) is 5.27. The standard InChI is InChI=1S/C31H34ClN7O3/c1-38(20-29(41)42)14-4-7-28(40)35-22-10-8-21(9-11-22)19-39-15-12-23(13-16-39)36-31-34-18-26(32)30(37-31)25-17-33-27-6-3-2-5-24(25)27/h2-11,17-18,23,33H,12-16,19-20H2,1H3,(H,35,40)(H,41,42)(H,34,36,37)/b7-4+. The summed E-state index contributed by atoms with van der Waals surface area (Å²) in [7, 11) is 1.68. The van der Waals surface area contributed by atoms with Gasteiger partial charge in [-0.05, 0) is 43.7 Å². The van der Waals surface area contributed by atoms with Gasteiger partial charge in [0.05, 0.1) is 23.5 Å². The first-order valence-corrected chi connectivity index (χ1v) is 14.3. The van der Waals surface area contributed by atoms with E-state index in [4.69, 9.17) is 21.7 Å². The van der Waals surface area contributed by atoms with Gasteiger partial charge in [0, 0.05) is 66.6 Å². The number of carboxylic acids is 1. The Balaban J connectivity index is 1.09. The van der Waals surface area contributed by atoms with Crippen LogP contribution in [0.1, 0.15) is 18.4 Å². The molecule has 42 heavy (non-hydrogen) atoms. The predicted molar refractivity (Wildman–Crippen MR) is 166 cm³/mol. The van der Waals surface area contributed by atoms with Crippen molar-refractivity contribution in [1.82, 2.24) is 24.8 Å². The fraction of sp³-hybridized carbons (Fsp3) is 0.290. The Bertz CT molecular complexity index is 1560. The van der Waals surface area contributed by atoms with Gasteiger partial charge in [-0.1, -0.05) is 48.0 Å². The third-order valence-corrected chi connectivity index (χ3v) is 7.51. The Morgan fingerprint density at radius 1 is 1.17 bits per heavy atom. The lowest BCUT2D eigenvalue weighted by Crippen LogP contribution is -2.39. The zero-order valence-electron chi connectivity index (χ0n) is 23.4. The Hall–Kier alpha value is -4.25. The minimum Gasteiger partial charge on any atom is -0.480 e. The molecule has 4 N–H and O–H groups in total. The molecule has 0 saturated carbocycles. The molecule has 0 radical (unpaired) electrons. The van der Waals surface area contributed by atoms with Crippen LogP contribution in [0.4, 0.5) is 11.6 Å². The number of carbonyl (C=O) groups is 2. The van der Waals surface area contributed by atoms with Crippen molar-refractivity contribution < 1.29 is 14.7 Å². The number of likely N-dealkylation sites (tertiary alicyclic amines) is 1. The summed E-state index contributed by atoms with van der Waals surface area (Å²) >= 11 is 6.49. The zero-order chi connectivity index (χ0) is 29.5. The highest BCUT2D eigenvalue weighted by Crippen LogP contribution is 2.32. The number of hydrogen-bond acceptors (Lipinski definition) is 7. The number of likely N-dealkylation sites (N-methyl/N-ethyl adjacent to an activating group) is 1. The first-order valence-electron chi connectivity index (χ1n) is 13.9. The van der Waals surface area contributed by atoms with Crippen molar-refractivity contribution in [1.29, 1.82) is 0 Å². The van der Waals surface area contributed by atoms with Crippen molar-refractivity contribution in [3.63, 3.8) is 0 Å². The molecule has 1 amide bonds. The van der Waals surface area contributed by atoms with E-state index in [0.29, 0.717) is 28.9 Å². The number of halogens is 1. The minimum atomic E-state index is -0.903. The molecule has 218 valence electrons. The molecular formula is C31H34ClN7O3. The molecule has 4 aromatic rings. The van der Waals surface area contributed by atoms with Gasteiger partial charge in [-0.15, -0.1) is 0 Å². The van der Waals surface area contributed by atoms with E-state index in [1.54, 1.807) is 24.2 Å². The van der Waals surface area contributed by atoms with E-state index in [-0.39, 0.29) is 18.5 Å². The zero-order valence-corrected chi connectivity index (χ0v) is 24.1. The average molecular weight is 588 g/mol. The van der Waals surface area contributed by atoms with Crippen molar-refractivity contribution >= 4 is 46.0 Å². The average Bonchev–Trinajstić information content (AvgIpc) is 3.40. The summed E-state index contributed by atoms with van der Waals surface area (Å²) < 4.78 is 0. The summed E-state index contributed by atoms with van der Waals surface area (Å²) in [6, 6.07) is 16.2. The Morgan fingerprint density at radius 2 is 1.93 bits per heavy atom. The Kier molecular flexibility index (Phi) is 9.48. The number of carbonyl (C=O) groups excluding carboxylic acids is 1. The van der Waals surface area contributed by atoms with E-state index < -0.39 is 5.97 Å². The SMILES string of the molecule is CN(C/C=C/C(=O)Nc1ccc(CN2CCC(Nc3ncc(Cl)c(-c4c[nH]c5ccccc45)n3)CC2)cc1)CC(=O)O. The van der Waals surface area contributed by atoms with Gasteiger partial charge in [-0.25, -0.2) is 9.97 Å². The lowest BCUT2D eigenvalue weighted by Gasteiger charge is -2.32. The van der Waals surface area contributed by atoms with Crippen molar-refractivity contribution in [2.24, 2.45) is 0 Å². The second-order valence-corrected chi connectivity index (χ2v) is 10.9. The van der Waals surface area contributed by atoms with Gasteiger partial charge in [-0.3, -0.25) is 19.4 Å². The van der Waals surface area contributed by atoms with Gasteiger partial charge in [0.1, 0.15) is 0 Å². The van der Waals surface area contributed by atoms with Crippen molar-refractivity contribution in [2.75, 3.05) is 43.9 Å². The molecule has 5 rings (SSSR count). The molecule has 3 heterocycles. The molecule has 10 nitrogen and oxygen atoms in total. The maximum Gasteiger partial charge on any atom is 0.317 e. The Labute approximate surface area is 249 Å². The third kappa shape index (κ3) is 7.73. The van der Waals surface area contributed by atoms with Crippen LogP contribution >= 0.6 is 11.6 Å². The van der Waals surface area contributed by atoms with Crippen LogP contribution in [0.25, 0.3) is 22.2 Å². The number of aromatic amines is 1. The number of benzene rings is 2. The molecule has 1 saturated heterocycles. The van der Waals surface area contributed by atoms with Gasteiger partial charge in [0.15, 0.2) is 0 Å². The van der Waals surface area contributed by atoms with Gasteiger partial charge in [-0.2, -0.15) is 0 Å². The highest BCUT2D eigenvalue weighted by Gasteiger charge is 2.21. The van der Waals surface area contributed by atoms with E-state index in [2.05, 4.69) is 31.6 Å². The second-order valence-electron chi connectivity index (χ2n) is 10.5. The number of H-pyrrole nitrogens is 1. The first-order chi connectivity index (χ1) is 20.3. The molecule has 0 aliphatic carbocycles. The van der Waals surface area contributed by atoms with Crippen LogP contribution in [0.2, 0.25) is 5.02 Å². The van der Waals surface area contributed by atoms with E-state index in [1.165, 1.54) is 11.6 Å². The van der Waals surface area contributed by atoms with E-state index in [1.807, 2.05) is 48.7 Å². The summed E-state index contributed by atoms with van der Waals surface area (Å²) in [5.74, 6) is -0.572. The largest absolute Gasteiger partial charge is 0.480 e. The van der Waals surface area contributed by atoms with Crippen LogP contribution in [-0.2, 0) is 16.1 Å². The molecule has 0 atom stereocenters. The monoisotopic (exact) mass is 587 g/mol. The normalized spacial score (nSPS) is 14.5. The smallest absolute Gasteiger partial charge is 0.317 e. The van der Waals surface area contributed by atoms with Crippen LogP contribution in [-0.4, -0.2) is 81.0 Å². The lowest BCUT2D eigenvalue weighted by molar-refractivity contribution is -0.137. The number of aliphatic carboxylic acids is 1. The number of fused-ring (bicyclic) bond motifs is 1. The number of aromatic nitrogens is 3. The van der Waals surface area contributed by atoms with E-state index in [9.17, 15) is 9.59 Å². The van der Waals surface area contributed by atoms with Crippen LogP contribution < -0.4 is 10.6 Å². The summed E-state index contributed by atoms with van der Waals surface area (Å²) in [6.45, 7) is 3.02. The van der Waals surface area contributed by atoms with Crippen LogP contribution in [0, 0.1) is 0 Å². The molecule has 1 aliphatic heterocycles. The minimum absolute atomic E-state index is 0.0777. The van der Waals surface area contributed by atoms with Crippen molar-refractivity contribution in [3.8, 4) is 11.3 Å². The summed E-state index contributed by atoms with van der Waals surface area (Å²) in [6.07, 6.45) is 8.60. The molecule has 1 aliphatic rings. The lowest BCUT2D eigenvalue weighted by atomic mass is 10.0. The van der Waals surface area contributed by atoms with Crippen molar-refractivity contribution in [3.05, 3.63) is 83.7 Å². The second kappa shape index (κ2) is 13.6. The molecule has 2 aromatic carbocycles. The number of para-hydroxylation sites is 1. The number of amides is 1. The van der Waals surface area contributed by atoms with E-state index >= 15 is 0 Å². The molecular weight excluding hydrogens is 554 g/mol. The Morgan fingerprint density at radius 3 is 2.69 bits per heavy atom. The summed E-state index contributed by atoms with van der Waals surface area (Å²) in [4.78, 5) is 39.4.